The Labute approximate surface area is 237 Å². The molecule has 2 unspecified atom stereocenters. The molecule has 1 aliphatic rings. The SMILES string of the molecule is CC1[CH][CH]C(C(C)C)[CH][CH]1.Cc1ccc(S(=O)(=O)NC(c2ccccc2)C(N)c2ccccc2)cc1.[Ru+3]. The Morgan fingerprint density at radius 2 is 1.24 bits per heavy atom. The van der Waals surface area contributed by atoms with Gasteiger partial charge in [-0.25, -0.2) is 13.1 Å². The second kappa shape index (κ2) is 14.9. The van der Waals surface area contributed by atoms with Crippen molar-refractivity contribution < 1.29 is 27.9 Å². The summed E-state index contributed by atoms with van der Waals surface area (Å²) in [5.74, 6) is 2.08. The van der Waals surface area contributed by atoms with E-state index in [1.54, 1.807) is 24.3 Å². The van der Waals surface area contributed by atoms with E-state index in [0.29, 0.717) is 11.8 Å². The third-order valence-corrected chi connectivity index (χ3v) is 7.82. The molecule has 5 radical (unpaired) electrons. The van der Waals surface area contributed by atoms with Crippen LogP contribution in [0.4, 0.5) is 0 Å². The fraction of sp³-hybridized carbons (Fsp3) is 0.290. The smallest absolute Gasteiger partial charge is 0.322 e. The largest absolute Gasteiger partial charge is 3.00 e. The maximum atomic E-state index is 12.9. The van der Waals surface area contributed by atoms with Crippen molar-refractivity contribution in [3.63, 3.8) is 0 Å². The summed E-state index contributed by atoms with van der Waals surface area (Å²) in [6.45, 7) is 8.65. The zero-order valence-electron chi connectivity index (χ0n) is 21.9. The zero-order chi connectivity index (χ0) is 26.1. The fourth-order valence-corrected chi connectivity index (χ4v) is 5.26. The van der Waals surface area contributed by atoms with E-state index in [1.807, 2.05) is 67.6 Å². The third kappa shape index (κ3) is 9.44. The molecule has 1 saturated carbocycles. The quantitative estimate of drug-likeness (QED) is 0.306. The minimum Gasteiger partial charge on any atom is -0.322 e. The molecule has 3 N–H and O–H groups in total. The van der Waals surface area contributed by atoms with Gasteiger partial charge < -0.3 is 5.73 Å². The summed E-state index contributed by atoms with van der Waals surface area (Å²) in [6.07, 6.45) is 9.19. The standard InChI is InChI=1S/C21H22N2O2S.C10H16.Ru/c1-16-12-14-19(15-13-16)26(24,25)23-21(18-10-6-3-7-11-18)20(22)17-8-4-2-5-9-17;1-8(2)10-6-4-9(3)5-7-10;/h2-15,20-21,23H,22H2,1H3;4-10H,1-3H3;/q;;+3. The first-order valence-corrected chi connectivity index (χ1v) is 14.0. The van der Waals surface area contributed by atoms with Crippen molar-refractivity contribution in [2.75, 3.05) is 0 Å². The molecular formula is C31H38N2O2RuS+3. The molecule has 0 amide bonds. The number of nitrogens with one attached hydrogen (secondary N) is 1. The van der Waals surface area contributed by atoms with Gasteiger partial charge in [-0.1, -0.05) is 99.1 Å². The van der Waals surface area contributed by atoms with Gasteiger partial charge in [0.05, 0.1) is 17.0 Å². The van der Waals surface area contributed by atoms with E-state index in [1.165, 1.54) is 0 Å². The van der Waals surface area contributed by atoms with Crippen LogP contribution in [0.1, 0.15) is 49.5 Å². The third-order valence-electron chi connectivity index (χ3n) is 6.36. The number of hydrogen-bond acceptors (Lipinski definition) is 3. The van der Waals surface area contributed by atoms with Crippen molar-refractivity contribution in [3.05, 3.63) is 127 Å². The molecule has 0 heterocycles. The molecule has 37 heavy (non-hydrogen) atoms. The molecule has 4 nitrogen and oxygen atoms in total. The van der Waals surface area contributed by atoms with E-state index in [-0.39, 0.29) is 24.4 Å². The van der Waals surface area contributed by atoms with Gasteiger partial charge in [-0.2, -0.15) is 0 Å². The van der Waals surface area contributed by atoms with Crippen LogP contribution in [-0.4, -0.2) is 8.42 Å². The maximum absolute atomic E-state index is 12.9. The van der Waals surface area contributed by atoms with E-state index >= 15 is 0 Å². The van der Waals surface area contributed by atoms with Gasteiger partial charge in [0, 0.05) is 0 Å². The van der Waals surface area contributed by atoms with E-state index in [2.05, 4.69) is 51.2 Å². The number of sulfonamides is 1. The molecule has 195 valence electrons. The van der Waals surface area contributed by atoms with Gasteiger partial charge in [-0.3, -0.25) is 0 Å². The molecule has 2 atom stereocenters. The molecule has 0 aromatic heterocycles. The van der Waals surface area contributed by atoms with Gasteiger partial charge in [-0.15, -0.1) is 0 Å². The summed E-state index contributed by atoms with van der Waals surface area (Å²) in [4.78, 5) is 0.226. The number of aryl methyl sites for hydroxylation is 1. The predicted octanol–water partition coefficient (Wildman–Crippen LogP) is 6.44. The molecule has 1 fully saturated rings. The van der Waals surface area contributed by atoms with Crippen LogP contribution in [0.3, 0.4) is 0 Å². The van der Waals surface area contributed by atoms with Crippen molar-refractivity contribution in [2.24, 2.45) is 23.5 Å². The Morgan fingerprint density at radius 1 is 0.757 bits per heavy atom. The van der Waals surface area contributed by atoms with Crippen LogP contribution in [0.25, 0.3) is 0 Å². The monoisotopic (exact) mass is 604 g/mol. The molecule has 0 aliphatic heterocycles. The van der Waals surface area contributed by atoms with Crippen molar-refractivity contribution in [2.45, 2.75) is 44.7 Å². The normalized spacial score (nSPS) is 19.2. The van der Waals surface area contributed by atoms with Crippen molar-refractivity contribution >= 4 is 10.0 Å². The first kappa shape index (κ1) is 31.4. The minimum atomic E-state index is -3.71. The Balaban J connectivity index is 0.000000369. The van der Waals surface area contributed by atoms with E-state index in [4.69, 9.17) is 5.73 Å². The molecule has 3 aromatic rings. The summed E-state index contributed by atoms with van der Waals surface area (Å²) in [6, 6.07) is 24.6. The minimum absolute atomic E-state index is 0. The van der Waals surface area contributed by atoms with Crippen LogP contribution in [0, 0.1) is 50.4 Å². The average Bonchev–Trinajstić information content (AvgIpc) is 2.89. The average molecular weight is 604 g/mol. The molecule has 0 spiro atoms. The van der Waals surface area contributed by atoms with Crippen molar-refractivity contribution in [1.82, 2.24) is 4.72 Å². The van der Waals surface area contributed by atoms with Gasteiger partial charge >= 0.3 is 19.5 Å². The first-order chi connectivity index (χ1) is 17.2. The summed E-state index contributed by atoms with van der Waals surface area (Å²) >= 11 is 0. The number of benzene rings is 3. The predicted molar refractivity (Wildman–Crippen MR) is 149 cm³/mol. The molecule has 4 rings (SSSR count). The molecule has 0 bridgehead atoms. The summed E-state index contributed by atoms with van der Waals surface area (Å²) in [7, 11) is -3.71. The fourth-order valence-electron chi connectivity index (χ4n) is 4.01. The van der Waals surface area contributed by atoms with Gasteiger partial charge in [0.25, 0.3) is 0 Å². The van der Waals surface area contributed by atoms with Crippen LogP contribution in [0.5, 0.6) is 0 Å². The molecule has 3 aromatic carbocycles. The Bertz CT molecular complexity index is 1140. The molecular weight excluding hydrogens is 565 g/mol. The van der Waals surface area contributed by atoms with Crippen LogP contribution in [0.15, 0.2) is 89.8 Å². The molecule has 0 saturated heterocycles. The first-order valence-electron chi connectivity index (χ1n) is 12.5. The number of hydrogen-bond donors (Lipinski definition) is 2. The number of nitrogens with two attached hydrogens (primary N) is 1. The van der Waals surface area contributed by atoms with E-state index in [9.17, 15) is 8.42 Å². The maximum Gasteiger partial charge on any atom is 3.00 e. The van der Waals surface area contributed by atoms with Crippen molar-refractivity contribution in [1.29, 1.82) is 0 Å². The van der Waals surface area contributed by atoms with Crippen LogP contribution in [-0.2, 0) is 29.5 Å². The molecule has 6 heteroatoms. The van der Waals surface area contributed by atoms with Gasteiger partial charge in [0.2, 0.25) is 10.0 Å². The summed E-state index contributed by atoms with van der Waals surface area (Å²) in [5, 5.41) is 0. The Kier molecular flexibility index (Phi) is 12.7. The second-order valence-corrected chi connectivity index (χ2v) is 11.4. The Morgan fingerprint density at radius 3 is 1.73 bits per heavy atom. The van der Waals surface area contributed by atoms with Gasteiger partial charge in [-0.05, 0) is 73.6 Å². The van der Waals surface area contributed by atoms with Crippen LogP contribution >= 0.6 is 0 Å². The van der Waals surface area contributed by atoms with Crippen LogP contribution in [0.2, 0.25) is 0 Å². The van der Waals surface area contributed by atoms with Crippen molar-refractivity contribution in [3.8, 4) is 0 Å². The Hall–Kier alpha value is -1.85. The summed E-state index contributed by atoms with van der Waals surface area (Å²) < 4.78 is 28.6. The molecule has 1 aliphatic carbocycles. The number of rotatable bonds is 7. The van der Waals surface area contributed by atoms with Crippen LogP contribution < -0.4 is 10.5 Å². The van der Waals surface area contributed by atoms with Gasteiger partial charge in [0.15, 0.2) is 0 Å². The van der Waals surface area contributed by atoms with E-state index < -0.39 is 22.1 Å². The summed E-state index contributed by atoms with van der Waals surface area (Å²) in [5.41, 5.74) is 9.15. The topological polar surface area (TPSA) is 72.2 Å². The van der Waals surface area contributed by atoms with E-state index in [0.717, 1.165) is 22.6 Å². The second-order valence-electron chi connectivity index (χ2n) is 9.71. The van der Waals surface area contributed by atoms with Gasteiger partial charge in [0.1, 0.15) is 0 Å². The zero-order valence-corrected chi connectivity index (χ0v) is 24.5.